The first-order valence-electron chi connectivity index (χ1n) is 9.44. The van der Waals surface area contributed by atoms with E-state index in [4.69, 9.17) is 5.73 Å². The van der Waals surface area contributed by atoms with Crippen LogP contribution in [0.15, 0.2) is 60.2 Å². The van der Waals surface area contributed by atoms with Crippen LogP contribution in [0, 0.1) is 0 Å². The first-order chi connectivity index (χ1) is 13.8. The van der Waals surface area contributed by atoms with Crippen LogP contribution in [0.2, 0.25) is 0 Å². The maximum absolute atomic E-state index is 5.91. The van der Waals surface area contributed by atoms with Gasteiger partial charge in [0, 0.05) is 49.7 Å². The third-order valence-corrected chi connectivity index (χ3v) is 5.18. The van der Waals surface area contributed by atoms with Crippen molar-refractivity contribution < 1.29 is 0 Å². The molecule has 2 aromatic heterocycles. The van der Waals surface area contributed by atoms with Crippen molar-refractivity contribution in [2.24, 2.45) is 10.7 Å². The predicted molar refractivity (Wildman–Crippen MR) is 115 cm³/mol. The average Bonchev–Trinajstić information content (AvgIpc) is 3.38. The number of benzene rings is 1. The minimum Gasteiger partial charge on any atom is -0.370 e. The maximum Gasteiger partial charge on any atom is 0.188 e. The van der Waals surface area contributed by atoms with Crippen molar-refractivity contribution in [2.45, 2.75) is 25.1 Å². The van der Waals surface area contributed by atoms with Crippen LogP contribution < -0.4 is 11.1 Å². The fraction of sp³-hybridized carbons (Fsp3) is 0.350. The van der Waals surface area contributed by atoms with E-state index in [1.165, 1.54) is 5.56 Å². The van der Waals surface area contributed by atoms with Crippen LogP contribution in [-0.4, -0.2) is 44.3 Å². The van der Waals surface area contributed by atoms with Gasteiger partial charge in [-0.05, 0) is 18.4 Å². The molecule has 148 valence electrons. The number of nitrogens with zero attached hydrogens (tertiary/aromatic N) is 4. The smallest absolute Gasteiger partial charge is 0.188 e. The summed E-state index contributed by atoms with van der Waals surface area (Å²) < 4.78 is 2.20. The number of aromatic nitrogens is 4. The van der Waals surface area contributed by atoms with E-state index >= 15 is 0 Å². The van der Waals surface area contributed by atoms with Crippen molar-refractivity contribution in [3.05, 3.63) is 72.3 Å². The van der Waals surface area contributed by atoms with E-state index in [0.29, 0.717) is 12.5 Å². The number of imidazole rings is 2. The molecule has 0 radical (unpaired) electrons. The normalized spacial score (nSPS) is 11.6. The van der Waals surface area contributed by atoms with E-state index in [9.17, 15) is 0 Å². The summed E-state index contributed by atoms with van der Waals surface area (Å²) in [5.41, 5.74) is 8.32. The van der Waals surface area contributed by atoms with Gasteiger partial charge in [-0.1, -0.05) is 30.3 Å². The molecule has 0 bridgehead atoms. The molecule has 4 N–H and O–H groups in total. The van der Waals surface area contributed by atoms with E-state index in [2.05, 4.69) is 54.1 Å². The predicted octanol–water partition coefficient (Wildman–Crippen LogP) is 2.42. The highest BCUT2D eigenvalue weighted by atomic mass is 32.2. The lowest BCUT2D eigenvalue weighted by molar-refractivity contribution is 0.756. The highest BCUT2D eigenvalue weighted by Gasteiger charge is 2.04. The van der Waals surface area contributed by atoms with Crippen molar-refractivity contribution in [2.75, 3.05) is 18.8 Å². The van der Waals surface area contributed by atoms with Gasteiger partial charge in [0.15, 0.2) is 5.96 Å². The van der Waals surface area contributed by atoms with Gasteiger partial charge in [0.2, 0.25) is 0 Å². The molecule has 3 rings (SSSR count). The molecule has 0 aliphatic rings. The number of aromatic amines is 1. The lowest BCUT2D eigenvalue weighted by Crippen LogP contribution is -2.33. The Kier molecular flexibility index (Phi) is 7.99. The summed E-state index contributed by atoms with van der Waals surface area (Å²) >= 11 is 1.84. The number of nitrogens with two attached hydrogens (primary N) is 1. The Bertz CT molecular complexity index is 827. The number of guanidine groups is 1. The van der Waals surface area contributed by atoms with Crippen LogP contribution in [0.5, 0.6) is 0 Å². The van der Waals surface area contributed by atoms with Crippen molar-refractivity contribution in [1.29, 1.82) is 0 Å². The Morgan fingerprint density at radius 1 is 1.29 bits per heavy atom. The molecular formula is C20H27N7S. The Balaban J connectivity index is 1.29. The number of rotatable bonds is 11. The first-order valence-corrected chi connectivity index (χ1v) is 10.6. The van der Waals surface area contributed by atoms with Crippen molar-refractivity contribution in [3.63, 3.8) is 0 Å². The Labute approximate surface area is 169 Å². The van der Waals surface area contributed by atoms with E-state index in [1.807, 2.05) is 36.4 Å². The molecule has 0 aliphatic heterocycles. The molecule has 7 nitrogen and oxygen atoms in total. The van der Waals surface area contributed by atoms with Crippen LogP contribution in [0.3, 0.4) is 0 Å². The lowest BCUT2D eigenvalue weighted by atomic mass is 10.2. The second-order valence-electron chi connectivity index (χ2n) is 6.38. The summed E-state index contributed by atoms with van der Waals surface area (Å²) in [6.07, 6.45) is 9.32. The second-order valence-corrected chi connectivity index (χ2v) is 7.49. The first kappa shape index (κ1) is 20.0. The third-order valence-electron chi connectivity index (χ3n) is 4.22. The van der Waals surface area contributed by atoms with Crippen LogP contribution in [0.25, 0.3) is 0 Å². The molecule has 0 saturated carbocycles. The zero-order chi connectivity index (χ0) is 19.4. The van der Waals surface area contributed by atoms with E-state index in [0.717, 1.165) is 49.0 Å². The summed E-state index contributed by atoms with van der Waals surface area (Å²) in [5, 5.41) is 3.17. The number of thioether (sulfide) groups is 1. The molecule has 0 amide bonds. The highest BCUT2D eigenvalue weighted by molar-refractivity contribution is 7.98. The summed E-state index contributed by atoms with van der Waals surface area (Å²) in [4.78, 5) is 15.9. The van der Waals surface area contributed by atoms with Crippen molar-refractivity contribution in [3.8, 4) is 0 Å². The zero-order valence-corrected chi connectivity index (χ0v) is 16.7. The number of hydrogen-bond donors (Lipinski definition) is 3. The standard InChI is InChI=1S/C20H27N7S/c21-20(24-8-4-7-18-13-22-16-26-18)25-10-12-28-15-19-23-9-11-27(19)14-17-5-2-1-3-6-17/h1-3,5-6,9,11,13,16H,4,7-8,10,12,14-15H2,(H,22,26)(H3,21,24,25). The van der Waals surface area contributed by atoms with Gasteiger partial charge < -0.3 is 20.6 Å². The largest absolute Gasteiger partial charge is 0.370 e. The van der Waals surface area contributed by atoms with Gasteiger partial charge in [0.1, 0.15) is 5.82 Å². The van der Waals surface area contributed by atoms with Crippen LogP contribution in [0.1, 0.15) is 23.5 Å². The number of aliphatic imine (C=N–C) groups is 1. The fourth-order valence-electron chi connectivity index (χ4n) is 2.77. The van der Waals surface area contributed by atoms with E-state index in [1.54, 1.807) is 6.33 Å². The lowest BCUT2D eigenvalue weighted by Gasteiger charge is -2.09. The molecule has 1 aromatic carbocycles. The maximum atomic E-state index is 5.91. The summed E-state index contributed by atoms with van der Waals surface area (Å²) in [7, 11) is 0. The van der Waals surface area contributed by atoms with Gasteiger partial charge in [-0.2, -0.15) is 11.8 Å². The zero-order valence-electron chi connectivity index (χ0n) is 15.9. The van der Waals surface area contributed by atoms with Gasteiger partial charge in [-0.15, -0.1) is 0 Å². The minimum absolute atomic E-state index is 0.510. The minimum atomic E-state index is 0.510. The molecule has 0 spiro atoms. The van der Waals surface area contributed by atoms with E-state index in [-0.39, 0.29) is 0 Å². The van der Waals surface area contributed by atoms with Gasteiger partial charge in [-0.25, -0.2) is 9.97 Å². The van der Waals surface area contributed by atoms with Crippen molar-refractivity contribution in [1.82, 2.24) is 24.8 Å². The monoisotopic (exact) mass is 397 g/mol. The Hall–Kier alpha value is -2.74. The molecule has 0 saturated heterocycles. The summed E-state index contributed by atoms with van der Waals surface area (Å²) in [6, 6.07) is 10.4. The SMILES string of the molecule is NC(=NCCCc1cnc[nH]1)NCCSCc1nccn1Cc1ccccc1. The Morgan fingerprint density at radius 3 is 3.00 bits per heavy atom. The molecule has 3 aromatic rings. The second kappa shape index (κ2) is 11.2. The molecule has 2 heterocycles. The average molecular weight is 398 g/mol. The van der Waals surface area contributed by atoms with Crippen LogP contribution in [-0.2, 0) is 18.7 Å². The summed E-state index contributed by atoms with van der Waals surface area (Å²) in [6.45, 7) is 2.36. The molecule has 0 atom stereocenters. The molecule has 0 aliphatic carbocycles. The molecule has 8 heteroatoms. The van der Waals surface area contributed by atoms with Crippen molar-refractivity contribution >= 4 is 17.7 Å². The van der Waals surface area contributed by atoms with Gasteiger partial charge >= 0.3 is 0 Å². The number of nitrogens with one attached hydrogen (secondary N) is 2. The fourth-order valence-corrected chi connectivity index (χ4v) is 3.58. The third kappa shape index (κ3) is 6.77. The van der Waals surface area contributed by atoms with Crippen LogP contribution >= 0.6 is 11.8 Å². The van der Waals surface area contributed by atoms with Gasteiger partial charge in [0.05, 0.1) is 12.1 Å². The number of aryl methyl sites for hydroxylation is 1. The van der Waals surface area contributed by atoms with Gasteiger partial charge in [0.25, 0.3) is 0 Å². The van der Waals surface area contributed by atoms with E-state index < -0.39 is 0 Å². The highest BCUT2D eigenvalue weighted by Crippen LogP contribution is 2.12. The quantitative estimate of drug-likeness (QED) is 0.262. The topological polar surface area (TPSA) is 96.9 Å². The molecular weight excluding hydrogens is 370 g/mol. The van der Waals surface area contributed by atoms with Crippen LogP contribution in [0.4, 0.5) is 0 Å². The van der Waals surface area contributed by atoms with Gasteiger partial charge in [-0.3, -0.25) is 4.99 Å². The number of H-pyrrole nitrogens is 1. The molecule has 28 heavy (non-hydrogen) atoms. The summed E-state index contributed by atoms with van der Waals surface area (Å²) in [5.74, 6) is 3.43. The molecule has 0 unspecified atom stereocenters. The Morgan fingerprint density at radius 2 is 2.18 bits per heavy atom. The molecule has 0 fully saturated rings. The number of hydrogen-bond acceptors (Lipinski definition) is 4.